The smallest absolute Gasteiger partial charge is 0.256 e. The third-order valence-corrected chi connectivity index (χ3v) is 4.11. The lowest BCUT2D eigenvalue weighted by atomic mass is 10.1. The van der Waals surface area contributed by atoms with Crippen LogP contribution in [-0.4, -0.2) is 10.9 Å². The first-order chi connectivity index (χ1) is 11.2. The first kappa shape index (κ1) is 13.7. The standard InChI is InChI=1S/C18H15N3O2/c22-17-7-6-14-15(2-1-3-16(14)21-17)18(23)20-13-5-4-11-9-19-10-12(11)8-13/h1-8,19H,9-10H2,(H,20,23)(H,21,22). The van der Waals surface area contributed by atoms with Crippen LogP contribution in [0.4, 0.5) is 5.69 Å². The summed E-state index contributed by atoms with van der Waals surface area (Å²) in [7, 11) is 0. The number of pyridine rings is 1. The SMILES string of the molecule is O=C(Nc1ccc2c(c1)CNC2)c1cccc2[nH]c(=O)ccc12. The minimum absolute atomic E-state index is 0.179. The van der Waals surface area contributed by atoms with Crippen LogP contribution in [0.15, 0.2) is 53.3 Å². The van der Waals surface area contributed by atoms with E-state index in [4.69, 9.17) is 0 Å². The zero-order valence-corrected chi connectivity index (χ0v) is 12.3. The second-order valence-electron chi connectivity index (χ2n) is 5.63. The molecule has 3 N–H and O–H groups in total. The van der Waals surface area contributed by atoms with Crippen LogP contribution >= 0.6 is 0 Å². The van der Waals surface area contributed by atoms with Gasteiger partial charge in [0.15, 0.2) is 0 Å². The number of hydrogen-bond donors (Lipinski definition) is 3. The summed E-state index contributed by atoms with van der Waals surface area (Å²) >= 11 is 0. The minimum atomic E-state index is -0.187. The van der Waals surface area contributed by atoms with Gasteiger partial charge in [-0.25, -0.2) is 0 Å². The molecule has 1 aliphatic heterocycles. The molecule has 2 aromatic carbocycles. The second kappa shape index (κ2) is 5.37. The number of anilines is 1. The normalized spacial score (nSPS) is 13.0. The van der Waals surface area contributed by atoms with Crippen LogP contribution in [0.2, 0.25) is 0 Å². The summed E-state index contributed by atoms with van der Waals surface area (Å²) in [6.45, 7) is 1.70. The number of aromatic amines is 1. The van der Waals surface area contributed by atoms with Gasteiger partial charge in [0.1, 0.15) is 0 Å². The Morgan fingerprint density at radius 2 is 1.87 bits per heavy atom. The van der Waals surface area contributed by atoms with E-state index in [1.165, 1.54) is 17.2 Å². The maximum atomic E-state index is 12.6. The molecule has 0 aliphatic carbocycles. The number of fused-ring (bicyclic) bond motifs is 2. The summed E-state index contributed by atoms with van der Waals surface area (Å²) in [6, 6.07) is 14.4. The number of aromatic nitrogens is 1. The van der Waals surface area contributed by atoms with Crippen molar-refractivity contribution in [1.29, 1.82) is 0 Å². The van der Waals surface area contributed by atoms with Gasteiger partial charge in [0.05, 0.1) is 0 Å². The molecule has 0 atom stereocenters. The molecule has 4 rings (SSSR count). The van der Waals surface area contributed by atoms with Crippen molar-refractivity contribution in [1.82, 2.24) is 10.3 Å². The van der Waals surface area contributed by atoms with Crippen molar-refractivity contribution in [2.24, 2.45) is 0 Å². The quantitative estimate of drug-likeness (QED) is 0.680. The highest BCUT2D eigenvalue weighted by molar-refractivity contribution is 6.12. The molecule has 0 saturated carbocycles. The molecule has 5 heteroatoms. The maximum absolute atomic E-state index is 12.6. The average molecular weight is 305 g/mol. The Morgan fingerprint density at radius 3 is 2.78 bits per heavy atom. The third-order valence-electron chi connectivity index (χ3n) is 4.11. The van der Waals surface area contributed by atoms with Gasteiger partial charge in [-0.3, -0.25) is 9.59 Å². The lowest BCUT2D eigenvalue weighted by molar-refractivity contribution is 0.102. The van der Waals surface area contributed by atoms with Crippen LogP contribution in [0.1, 0.15) is 21.5 Å². The highest BCUT2D eigenvalue weighted by atomic mass is 16.1. The van der Waals surface area contributed by atoms with E-state index in [1.54, 1.807) is 24.3 Å². The highest BCUT2D eigenvalue weighted by Crippen LogP contribution is 2.22. The molecule has 0 saturated heterocycles. The van der Waals surface area contributed by atoms with E-state index in [2.05, 4.69) is 15.6 Å². The van der Waals surface area contributed by atoms with E-state index < -0.39 is 0 Å². The average Bonchev–Trinajstić information content (AvgIpc) is 3.01. The van der Waals surface area contributed by atoms with E-state index in [-0.39, 0.29) is 11.5 Å². The summed E-state index contributed by atoms with van der Waals surface area (Å²) < 4.78 is 0. The number of carbonyl (C=O) groups is 1. The van der Waals surface area contributed by atoms with E-state index in [0.29, 0.717) is 11.1 Å². The second-order valence-corrected chi connectivity index (χ2v) is 5.63. The first-order valence-corrected chi connectivity index (χ1v) is 7.47. The molecular weight excluding hydrogens is 290 g/mol. The number of benzene rings is 2. The Kier molecular flexibility index (Phi) is 3.20. The summed E-state index contributed by atoms with van der Waals surface area (Å²) in [5.41, 5.74) is 4.27. The molecule has 1 aromatic heterocycles. The van der Waals surface area contributed by atoms with Crippen LogP contribution in [0.5, 0.6) is 0 Å². The molecule has 2 heterocycles. The minimum Gasteiger partial charge on any atom is -0.322 e. The Bertz CT molecular complexity index is 975. The van der Waals surface area contributed by atoms with Crippen molar-refractivity contribution in [3.05, 3.63) is 75.6 Å². The summed E-state index contributed by atoms with van der Waals surface area (Å²) in [5, 5.41) is 6.95. The van der Waals surface area contributed by atoms with E-state index >= 15 is 0 Å². The number of amides is 1. The maximum Gasteiger partial charge on any atom is 0.256 e. The van der Waals surface area contributed by atoms with Crippen LogP contribution in [0, 0.1) is 0 Å². The van der Waals surface area contributed by atoms with Crippen molar-refractivity contribution >= 4 is 22.5 Å². The van der Waals surface area contributed by atoms with Crippen molar-refractivity contribution in [3.63, 3.8) is 0 Å². The van der Waals surface area contributed by atoms with Crippen LogP contribution in [-0.2, 0) is 13.1 Å². The molecule has 0 radical (unpaired) electrons. The molecule has 23 heavy (non-hydrogen) atoms. The fourth-order valence-corrected chi connectivity index (χ4v) is 2.96. The Balaban J connectivity index is 1.68. The molecule has 1 amide bonds. The molecule has 0 unspecified atom stereocenters. The fourth-order valence-electron chi connectivity index (χ4n) is 2.96. The monoisotopic (exact) mass is 305 g/mol. The molecule has 1 aliphatic rings. The molecule has 0 bridgehead atoms. The van der Waals surface area contributed by atoms with Gasteiger partial charge in [0.2, 0.25) is 5.56 Å². The number of rotatable bonds is 2. The third kappa shape index (κ3) is 2.51. The fraction of sp³-hybridized carbons (Fsp3) is 0.111. The predicted octanol–water partition coefficient (Wildman–Crippen LogP) is 2.38. The van der Waals surface area contributed by atoms with Gasteiger partial charge in [0, 0.05) is 41.3 Å². The predicted molar refractivity (Wildman–Crippen MR) is 89.5 cm³/mol. The van der Waals surface area contributed by atoms with Gasteiger partial charge in [-0.1, -0.05) is 12.1 Å². The van der Waals surface area contributed by atoms with E-state index in [1.807, 2.05) is 18.2 Å². The van der Waals surface area contributed by atoms with Gasteiger partial charge in [-0.15, -0.1) is 0 Å². The van der Waals surface area contributed by atoms with Crippen LogP contribution in [0.25, 0.3) is 10.9 Å². The molecular formula is C18H15N3O2. The molecule has 0 spiro atoms. The van der Waals surface area contributed by atoms with Crippen molar-refractivity contribution in [3.8, 4) is 0 Å². The Labute approximate surface area is 132 Å². The molecule has 0 fully saturated rings. The topological polar surface area (TPSA) is 74.0 Å². The number of hydrogen-bond acceptors (Lipinski definition) is 3. The zero-order chi connectivity index (χ0) is 15.8. The number of H-pyrrole nitrogens is 1. The highest BCUT2D eigenvalue weighted by Gasteiger charge is 2.13. The van der Waals surface area contributed by atoms with Crippen LogP contribution in [0.3, 0.4) is 0 Å². The van der Waals surface area contributed by atoms with Gasteiger partial charge >= 0.3 is 0 Å². The van der Waals surface area contributed by atoms with Crippen LogP contribution < -0.4 is 16.2 Å². The van der Waals surface area contributed by atoms with E-state index in [0.717, 1.165) is 24.2 Å². The number of nitrogens with one attached hydrogen (secondary N) is 3. The van der Waals surface area contributed by atoms with Crippen molar-refractivity contribution in [2.75, 3.05) is 5.32 Å². The molecule has 114 valence electrons. The number of carbonyl (C=O) groups excluding carboxylic acids is 1. The summed E-state index contributed by atoms with van der Waals surface area (Å²) in [5.74, 6) is -0.187. The molecule has 3 aromatic rings. The lowest BCUT2D eigenvalue weighted by Gasteiger charge is -2.09. The summed E-state index contributed by atoms with van der Waals surface area (Å²) in [4.78, 5) is 26.7. The van der Waals surface area contributed by atoms with E-state index in [9.17, 15) is 9.59 Å². The van der Waals surface area contributed by atoms with Gasteiger partial charge < -0.3 is 15.6 Å². The van der Waals surface area contributed by atoms with Gasteiger partial charge in [-0.05, 0) is 41.5 Å². The van der Waals surface area contributed by atoms with Gasteiger partial charge in [0.25, 0.3) is 5.91 Å². The zero-order valence-electron chi connectivity index (χ0n) is 12.3. The van der Waals surface area contributed by atoms with Crippen molar-refractivity contribution < 1.29 is 4.79 Å². The lowest BCUT2D eigenvalue weighted by Crippen LogP contribution is -2.13. The van der Waals surface area contributed by atoms with Crippen molar-refractivity contribution in [2.45, 2.75) is 13.1 Å². The Morgan fingerprint density at radius 1 is 1.00 bits per heavy atom. The van der Waals surface area contributed by atoms with Gasteiger partial charge in [-0.2, -0.15) is 0 Å². The molecule has 5 nitrogen and oxygen atoms in total. The summed E-state index contributed by atoms with van der Waals surface area (Å²) in [6.07, 6.45) is 0. The first-order valence-electron chi connectivity index (χ1n) is 7.47. The Hall–Kier alpha value is -2.92. The largest absolute Gasteiger partial charge is 0.322 e.